The minimum absolute atomic E-state index is 0.135. The summed E-state index contributed by atoms with van der Waals surface area (Å²) in [5.41, 5.74) is 0. The van der Waals surface area contributed by atoms with Crippen LogP contribution in [-0.4, -0.2) is 38.8 Å². The van der Waals surface area contributed by atoms with Crippen molar-refractivity contribution in [2.24, 2.45) is 0 Å². The van der Waals surface area contributed by atoms with Crippen LogP contribution >= 0.6 is 0 Å². The molecule has 1 aliphatic heterocycles. The van der Waals surface area contributed by atoms with Crippen molar-refractivity contribution < 1.29 is 9.53 Å². The predicted molar refractivity (Wildman–Crippen MR) is 55.1 cm³/mol. The van der Waals surface area contributed by atoms with Crippen LogP contribution in [0.5, 0.6) is 0 Å². The van der Waals surface area contributed by atoms with E-state index >= 15 is 0 Å². The van der Waals surface area contributed by atoms with E-state index in [1.807, 2.05) is 7.05 Å². The van der Waals surface area contributed by atoms with Crippen LogP contribution in [0.3, 0.4) is 0 Å². The highest BCUT2D eigenvalue weighted by Crippen LogP contribution is 2.16. The molecule has 1 aliphatic rings. The molecule has 1 fully saturated rings. The molecule has 1 heterocycles. The van der Waals surface area contributed by atoms with E-state index in [0.29, 0.717) is 19.1 Å². The molecule has 14 heavy (non-hydrogen) atoms. The number of hydrogen-bond acceptors (Lipinski definition) is 3. The maximum absolute atomic E-state index is 11.3. The first-order valence-corrected chi connectivity index (χ1v) is 5.36. The van der Waals surface area contributed by atoms with E-state index in [9.17, 15) is 4.79 Å². The molecule has 82 valence electrons. The van der Waals surface area contributed by atoms with Crippen LogP contribution in [0.15, 0.2) is 0 Å². The van der Waals surface area contributed by atoms with Crippen molar-refractivity contribution in [3.05, 3.63) is 0 Å². The Morgan fingerprint density at radius 3 is 3.00 bits per heavy atom. The third-order valence-corrected chi connectivity index (χ3v) is 2.41. The molecule has 1 rings (SSSR count). The van der Waals surface area contributed by atoms with Crippen LogP contribution in [-0.2, 0) is 9.53 Å². The lowest BCUT2D eigenvalue weighted by atomic mass is 10.1. The fraction of sp³-hybridized carbons (Fsp3) is 0.900. The Morgan fingerprint density at radius 2 is 2.36 bits per heavy atom. The first-order valence-electron chi connectivity index (χ1n) is 5.36. The summed E-state index contributed by atoms with van der Waals surface area (Å²) in [5, 5.41) is 5.83. The number of hydrogen-bond donors (Lipinski definition) is 2. The molecule has 2 N–H and O–H groups in total. The SMILES string of the molecule is CNCCNC(=O)CCC1CCCO1. The molecular formula is C10H20N2O2. The van der Waals surface area contributed by atoms with Crippen molar-refractivity contribution in [3.8, 4) is 0 Å². The second kappa shape index (κ2) is 6.79. The van der Waals surface area contributed by atoms with E-state index in [-0.39, 0.29) is 5.91 Å². The van der Waals surface area contributed by atoms with Gasteiger partial charge < -0.3 is 15.4 Å². The molecule has 1 atom stereocenters. The molecule has 0 aromatic heterocycles. The second-order valence-corrected chi connectivity index (χ2v) is 3.63. The van der Waals surface area contributed by atoms with E-state index in [2.05, 4.69) is 10.6 Å². The summed E-state index contributed by atoms with van der Waals surface area (Å²) < 4.78 is 5.44. The molecule has 0 spiro atoms. The van der Waals surface area contributed by atoms with Crippen molar-refractivity contribution in [2.45, 2.75) is 31.8 Å². The molecule has 0 aromatic carbocycles. The lowest BCUT2D eigenvalue weighted by molar-refractivity contribution is -0.121. The molecule has 0 saturated carbocycles. The number of likely N-dealkylation sites (N-methyl/N-ethyl adjacent to an activating group) is 1. The van der Waals surface area contributed by atoms with Gasteiger partial charge in [-0.3, -0.25) is 4.79 Å². The largest absolute Gasteiger partial charge is 0.378 e. The Kier molecular flexibility index (Phi) is 5.56. The number of amides is 1. The Labute approximate surface area is 85.4 Å². The van der Waals surface area contributed by atoms with Gasteiger partial charge in [0.25, 0.3) is 0 Å². The fourth-order valence-electron chi connectivity index (χ4n) is 1.58. The molecule has 1 unspecified atom stereocenters. The van der Waals surface area contributed by atoms with E-state index in [4.69, 9.17) is 4.74 Å². The van der Waals surface area contributed by atoms with Gasteiger partial charge >= 0.3 is 0 Å². The van der Waals surface area contributed by atoms with Gasteiger partial charge in [-0.2, -0.15) is 0 Å². The lowest BCUT2D eigenvalue weighted by Gasteiger charge is -2.09. The molecule has 4 nitrogen and oxygen atoms in total. The summed E-state index contributed by atoms with van der Waals surface area (Å²) >= 11 is 0. The van der Waals surface area contributed by atoms with Crippen molar-refractivity contribution in [3.63, 3.8) is 0 Å². The number of carbonyl (C=O) groups excluding carboxylic acids is 1. The minimum Gasteiger partial charge on any atom is -0.378 e. The van der Waals surface area contributed by atoms with Crippen LogP contribution in [0, 0.1) is 0 Å². The van der Waals surface area contributed by atoms with Gasteiger partial charge in [-0.1, -0.05) is 0 Å². The monoisotopic (exact) mass is 200 g/mol. The van der Waals surface area contributed by atoms with Crippen LogP contribution < -0.4 is 10.6 Å². The highest BCUT2D eigenvalue weighted by molar-refractivity contribution is 5.75. The van der Waals surface area contributed by atoms with Crippen LogP contribution in [0.25, 0.3) is 0 Å². The average molecular weight is 200 g/mol. The molecule has 0 aliphatic carbocycles. The van der Waals surface area contributed by atoms with E-state index in [1.165, 1.54) is 0 Å². The van der Waals surface area contributed by atoms with Crippen molar-refractivity contribution in [2.75, 3.05) is 26.7 Å². The Bertz CT molecular complexity index is 168. The molecular weight excluding hydrogens is 180 g/mol. The molecule has 1 amide bonds. The number of nitrogens with one attached hydrogen (secondary N) is 2. The third-order valence-electron chi connectivity index (χ3n) is 2.41. The van der Waals surface area contributed by atoms with Gasteiger partial charge in [0.15, 0.2) is 0 Å². The zero-order chi connectivity index (χ0) is 10.2. The second-order valence-electron chi connectivity index (χ2n) is 3.63. The first-order chi connectivity index (χ1) is 6.83. The smallest absolute Gasteiger partial charge is 0.220 e. The summed E-state index contributed by atoms with van der Waals surface area (Å²) in [6.45, 7) is 2.40. The van der Waals surface area contributed by atoms with Gasteiger partial charge in [-0.05, 0) is 26.3 Å². The predicted octanol–water partition coefficient (Wildman–Crippen LogP) is 0.281. The van der Waals surface area contributed by atoms with Gasteiger partial charge in [0.2, 0.25) is 5.91 Å². The van der Waals surface area contributed by atoms with Gasteiger partial charge in [0, 0.05) is 26.1 Å². The summed E-state index contributed by atoms with van der Waals surface area (Å²) in [6.07, 6.45) is 4.04. The standard InChI is InChI=1S/C10H20N2O2/c1-11-6-7-12-10(13)5-4-9-3-2-8-14-9/h9,11H,2-8H2,1H3,(H,12,13). The highest BCUT2D eigenvalue weighted by Gasteiger charge is 2.16. The van der Waals surface area contributed by atoms with Crippen LogP contribution in [0.4, 0.5) is 0 Å². The highest BCUT2D eigenvalue weighted by atomic mass is 16.5. The summed E-state index contributed by atoms with van der Waals surface area (Å²) in [4.78, 5) is 11.3. The summed E-state index contributed by atoms with van der Waals surface area (Å²) in [6, 6.07) is 0. The normalized spacial score (nSPS) is 21.1. The van der Waals surface area contributed by atoms with E-state index < -0.39 is 0 Å². The molecule has 4 heteroatoms. The Hall–Kier alpha value is -0.610. The van der Waals surface area contributed by atoms with Gasteiger partial charge in [0.1, 0.15) is 0 Å². The molecule has 0 bridgehead atoms. The minimum atomic E-state index is 0.135. The zero-order valence-corrected chi connectivity index (χ0v) is 8.84. The molecule has 0 aromatic rings. The topological polar surface area (TPSA) is 50.4 Å². The van der Waals surface area contributed by atoms with Gasteiger partial charge in [-0.25, -0.2) is 0 Å². The van der Waals surface area contributed by atoms with E-state index in [1.54, 1.807) is 0 Å². The Morgan fingerprint density at radius 1 is 1.50 bits per heavy atom. The molecule has 0 radical (unpaired) electrons. The Balaban J connectivity index is 1.96. The first kappa shape index (κ1) is 11.5. The number of rotatable bonds is 6. The van der Waals surface area contributed by atoms with Gasteiger partial charge in [0.05, 0.1) is 6.10 Å². The summed E-state index contributed by atoms with van der Waals surface area (Å²) in [5.74, 6) is 0.135. The van der Waals surface area contributed by atoms with E-state index in [0.717, 1.165) is 32.4 Å². The van der Waals surface area contributed by atoms with Crippen molar-refractivity contribution >= 4 is 5.91 Å². The number of ether oxygens (including phenoxy) is 1. The average Bonchev–Trinajstić information content (AvgIpc) is 2.68. The fourth-order valence-corrected chi connectivity index (χ4v) is 1.58. The maximum Gasteiger partial charge on any atom is 0.220 e. The number of carbonyl (C=O) groups is 1. The van der Waals surface area contributed by atoms with Crippen LogP contribution in [0.1, 0.15) is 25.7 Å². The summed E-state index contributed by atoms with van der Waals surface area (Å²) in [7, 11) is 1.87. The maximum atomic E-state index is 11.3. The van der Waals surface area contributed by atoms with Crippen LogP contribution in [0.2, 0.25) is 0 Å². The van der Waals surface area contributed by atoms with Crippen molar-refractivity contribution in [1.82, 2.24) is 10.6 Å². The zero-order valence-electron chi connectivity index (χ0n) is 8.84. The molecule has 1 saturated heterocycles. The third kappa shape index (κ3) is 4.58. The lowest BCUT2D eigenvalue weighted by Crippen LogP contribution is -2.30. The van der Waals surface area contributed by atoms with Gasteiger partial charge in [-0.15, -0.1) is 0 Å². The van der Waals surface area contributed by atoms with Crippen molar-refractivity contribution in [1.29, 1.82) is 0 Å². The quantitative estimate of drug-likeness (QED) is 0.606.